The topological polar surface area (TPSA) is 56.5 Å². The SMILES string of the molecule is CCn1nccc1C(O)Cc1ccc(OC)c(OC)c1. The molecule has 0 fully saturated rings. The fraction of sp³-hybridized carbons (Fsp3) is 0.400. The first-order valence-electron chi connectivity index (χ1n) is 6.60. The number of aliphatic hydroxyl groups excluding tert-OH is 1. The summed E-state index contributed by atoms with van der Waals surface area (Å²) in [7, 11) is 3.20. The molecule has 1 atom stereocenters. The van der Waals surface area contributed by atoms with Crippen LogP contribution in [-0.4, -0.2) is 29.1 Å². The van der Waals surface area contributed by atoms with E-state index >= 15 is 0 Å². The molecule has 5 nitrogen and oxygen atoms in total. The van der Waals surface area contributed by atoms with E-state index < -0.39 is 6.10 Å². The van der Waals surface area contributed by atoms with Gasteiger partial charge in [-0.3, -0.25) is 4.68 Å². The summed E-state index contributed by atoms with van der Waals surface area (Å²) >= 11 is 0. The summed E-state index contributed by atoms with van der Waals surface area (Å²) in [5.41, 5.74) is 1.81. The molecule has 5 heteroatoms. The predicted octanol–water partition coefficient (Wildman–Crippen LogP) is 2.20. The number of aliphatic hydroxyl groups is 1. The number of nitrogens with zero attached hydrogens (tertiary/aromatic N) is 2. The molecule has 1 aromatic carbocycles. The normalized spacial score (nSPS) is 12.2. The molecular weight excluding hydrogens is 256 g/mol. The second-order valence-corrected chi connectivity index (χ2v) is 4.48. The van der Waals surface area contributed by atoms with Crippen molar-refractivity contribution in [1.82, 2.24) is 9.78 Å². The summed E-state index contributed by atoms with van der Waals surface area (Å²) < 4.78 is 12.3. The van der Waals surface area contributed by atoms with Crippen LogP contribution in [-0.2, 0) is 13.0 Å². The zero-order chi connectivity index (χ0) is 14.5. The van der Waals surface area contributed by atoms with Crippen LogP contribution in [0.1, 0.15) is 24.3 Å². The van der Waals surface area contributed by atoms with Crippen LogP contribution in [0.15, 0.2) is 30.5 Å². The van der Waals surface area contributed by atoms with Crippen molar-refractivity contribution < 1.29 is 14.6 Å². The molecule has 1 heterocycles. The Morgan fingerprint density at radius 3 is 2.60 bits per heavy atom. The van der Waals surface area contributed by atoms with Crippen LogP contribution in [0.25, 0.3) is 0 Å². The predicted molar refractivity (Wildman–Crippen MR) is 76.1 cm³/mol. The first kappa shape index (κ1) is 14.4. The molecule has 0 saturated carbocycles. The Hall–Kier alpha value is -2.01. The van der Waals surface area contributed by atoms with Gasteiger partial charge in [0, 0.05) is 19.2 Å². The summed E-state index contributed by atoms with van der Waals surface area (Å²) in [4.78, 5) is 0. The number of rotatable bonds is 6. The van der Waals surface area contributed by atoms with Gasteiger partial charge in [0.05, 0.1) is 26.0 Å². The summed E-state index contributed by atoms with van der Waals surface area (Å²) in [6, 6.07) is 7.50. The van der Waals surface area contributed by atoms with Gasteiger partial charge in [0.15, 0.2) is 11.5 Å². The van der Waals surface area contributed by atoms with Gasteiger partial charge in [-0.15, -0.1) is 0 Å². The summed E-state index contributed by atoms with van der Waals surface area (Å²) in [6.07, 6.45) is 1.62. The van der Waals surface area contributed by atoms with Crippen LogP contribution in [0.3, 0.4) is 0 Å². The first-order chi connectivity index (χ1) is 9.69. The Morgan fingerprint density at radius 2 is 1.95 bits per heavy atom. The smallest absolute Gasteiger partial charge is 0.160 e. The van der Waals surface area contributed by atoms with Crippen molar-refractivity contribution in [1.29, 1.82) is 0 Å². The van der Waals surface area contributed by atoms with Gasteiger partial charge in [-0.1, -0.05) is 6.07 Å². The van der Waals surface area contributed by atoms with Gasteiger partial charge in [0.2, 0.25) is 0 Å². The van der Waals surface area contributed by atoms with Crippen molar-refractivity contribution in [3.63, 3.8) is 0 Å². The molecule has 0 aliphatic rings. The molecule has 0 saturated heterocycles. The zero-order valence-electron chi connectivity index (χ0n) is 12.0. The summed E-state index contributed by atoms with van der Waals surface area (Å²) in [6.45, 7) is 2.74. The lowest BCUT2D eigenvalue weighted by molar-refractivity contribution is 0.167. The van der Waals surface area contributed by atoms with Crippen molar-refractivity contribution in [3.05, 3.63) is 41.7 Å². The Labute approximate surface area is 118 Å². The molecule has 1 N–H and O–H groups in total. The number of benzene rings is 1. The molecule has 108 valence electrons. The van der Waals surface area contributed by atoms with Crippen molar-refractivity contribution >= 4 is 0 Å². The maximum atomic E-state index is 10.3. The van der Waals surface area contributed by atoms with Crippen LogP contribution < -0.4 is 9.47 Å². The lowest BCUT2D eigenvalue weighted by Gasteiger charge is -2.14. The van der Waals surface area contributed by atoms with Gasteiger partial charge in [-0.2, -0.15) is 5.10 Å². The van der Waals surface area contributed by atoms with Crippen LogP contribution in [0, 0.1) is 0 Å². The van der Waals surface area contributed by atoms with E-state index in [1.165, 1.54) is 0 Å². The highest BCUT2D eigenvalue weighted by Crippen LogP contribution is 2.29. The molecule has 2 rings (SSSR count). The maximum Gasteiger partial charge on any atom is 0.160 e. The van der Waals surface area contributed by atoms with E-state index in [-0.39, 0.29) is 0 Å². The first-order valence-corrected chi connectivity index (χ1v) is 6.60. The van der Waals surface area contributed by atoms with E-state index in [4.69, 9.17) is 9.47 Å². The fourth-order valence-corrected chi connectivity index (χ4v) is 2.23. The minimum Gasteiger partial charge on any atom is -0.493 e. The molecule has 1 unspecified atom stereocenters. The third-order valence-electron chi connectivity index (χ3n) is 3.27. The van der Waals surface area contributed by atoms with Gasteiger partial charge in [0.1, 0.15) is 0 Å². The van der Waals surface area contributed by atoms with E-state index in [0.717, 1.165) is 17.8 Å². The number of aromatic nitrogens is 2. The minimum atomic E-state index is -0.587. The van der Waals surface area contributed by atoms with Crippen LogP contribution in [0.4, 0.5) is 0 Å². The van der Waals surface area contributed by atoms with Gasteiger partial charge in [0.25, 0.3) is 0 Å². The highest BCUT2D eigenvalue weighted by atomic mass is 16.5. The highest BCUT2D eigenvalue weighted by Gasteiger charge is 2.14. The van der Waals surface area contributed by atoms with Crippen molar-refractivity contribution in [2.45, 2.75) is 26.0 Å². The highest BCUT2D eigenvalue weighted by molar-refractivity contribution is 5.43. The van der Waals surface area contributed by atoms with Crippen molar-refractivity contribution in [3.8, 4) is 11.5 Å². The monoisotopic (exact) mass is 276 g/mol. The maximum absolute atomic E-state index is 10.3. The molecular formula is C15H20N2O3. The third kappa shape index (κ3) is 2.93. The molecule has 0 aliphatic carbocycles. The molecule has 0 aliphatic heterocycles. The number of methoxy groups -OCH3 is 2. The quantitative estimate of drug-likeness (QED) is 0.878. The Balaban J connectivity index is 2.17. The number of aryl methyl sites for hydroxylation is 1. The number of hydrogen-bond donors (Lipinski definition) is 1. The average Bonchev–Trinajstić information content (AvgIpc) is 2.95. The molecule has 0 radical (unpaired) electrons. The molecule has 0 amide bonds. The van der Waals surface area contributed by atoms with Crippen LogP contribution >= 0.6 is 0 Å². The van der Waals surface area contributed by atoms with Crippen LogP contribution in [0.2, 0.25) is 0 Å². The van der Waals surface area contributed by atoms with E-state index in [1.54, 1.807) is 25.1 Å². The molecule has 20 heavy (non-hydrogen) atoms. The van der Waals surface area contributed by atoms with E-state index in [2.05, 4.69) is 5.10 Å². The standard InChI is InChI=1S/C15H20N2O3/c1-4-17-12(7-8-16-17)13(18)9-11-5-6-14(19-2)15(10-11)20-3/h5-8,10,13,18H,4,9H2,1-3H3. The Morgan fingerprint density at radius 1 is 1.20 bits per heavy atom. The third-order valence-corrected chi connectivity index (χ3v) is 3.27. The zero-order valence-corrected chi connectivity index (χ0v) is 12.0. The van der Waals surface area contributed by atoms with E-state index in [1.807, 2.05) is 31.2 Å². The fourth-order valence-electron chi connectivity index (χ4n) is 2.23. The molecule has 0 spiro atoms. The minimum absolute atomic E-state index is 0.506. The molecule has 2 aromatic rings. The second kappa shape index (κ2) is 6.43. The Bertz CT molecular complexity index is 566. The summed E-state index contributed by atoms with van der Waals surface area (Å²) in [5, 5.41) is 14.5. The van der Waals surface area contributed by atoms with Gasteiger partial charge >= 0.3 is 0 Å². The number of hydrogen-bond acceptors (Lipinski definition) is 4. The second-order valence-electron chi connectivity index (χ2n) is 4.48. The van der Waals surface area contributed by atoms with Gasteiger partial charge in [-0.05, 0) is 30.7 Å². The average molecular weight is 276 g/mol. The van der Waals surface area contributed by atoms with Gasteiger partial charge < -0.3 is 14.6 Å². The van der Waals surface area contributed by atoms with Crippen molar-refractivity contribution in [2.75, 3.05) is 14.2 Å². The van der Waals surface area contributed by atoms with E-state index in [9.17, 15) is 5.11 Å². The van der Waals surface area contributed by atoms with Gasteiger partial charge in [-0.25, -0.2) is 0 Å². The molecule has 0 bridgehead atoms. The lowest BCUT2D eigenvalue weighted by atomic mass is 10.0. The molecule has 1 aromatic heterocycles. The lowest BCUT2D eigenvalue weighted by Crippen LogP contribution is -2.10. The largest absolute Gasteiger partial charge is 0.493 e. The summed E-state index contributed by atoms with van der Waals surface area (Å²) in [5.74, 6) is 1.35. The number of ether oxygens (including phenoxy) is 2. The Kier molecular flexibility index (Phi) is 4.63. The van der Waals surface area contributed by atoms with E-state index in [0.29, 0.717) is 17.9 Å². The van der Waals surface area contributed by atoms with Crippen molar-refractivity contribution in [2.24, 2.45) is 0 Å². The van der Waals surface area contributed by atoms with Crippen LogP contribution in [0.5, 0.6) is 11.5 Å².